The number of hydrogen-bond acceptors (Lipinski definition) is 2. The summed E-state index contributed by atoms with van der Waals surface area (Å²) in [5, 5.41) is 3.97. The van der Waals surface area contributed by atoms with Crippen LogP contribution in [0.15, 0.2) is 29.4 Å². The van der Waals surface area contributed by atoms with Gasteiger partial charge in [0.1, 0.15) is 0 Å². The third kappa shape index (κ3) is 6.75. The lowest BCUT2D eigenvalue weighted by atomic mass is 10.1. The Kier molecular flexibility index (Phi) is 7.56. The fraction of sp³-hybridized carbons (Fsp3) is 0.500. The van der Waals surface area contributed by atoms with Gasteiger partial charge in [-0.15, -0.1) is 0 Å². The summed E-state index contributed by atoms with van der Waals surface area (Å²) in [6.07, 6.45) is 7.72. The number of aryl methyl sites for hydroxylation is 1. The maximum Gasteiger partial charge on any atom is 0.240 e. The van der Waals surface area contributed by atoms with Gasteiger partial charge >= 0.3 is 0 Å². The number of amides is 1. The van der Waals surface area contributed by atoms with E-state index in [9.17, 15) is 4.79 Å². The highest BCUT2D eigenvalue weighted by molar-refractivity contribution is 5.82. The highest BCUT2D eigenvalue weighted by Gasteiger charge is 1.98. The predicted molar refractivity (Wildman–Crippen MR) is 80.3 cm³/mol. The Bertz CT molecular complexity index is 396. The first-order chi connectivity index (χ1) is 9.26. The molecular weight excluding hydrogens is 236 g/mol. The van der Waals surface area contributed by atoms with Gasteiger partial charge in [-0.1, -0.05) is 57.4 Å². The summed E-state index contributed by atoms with van der Waals surface area (Å²) < 4.78 is 0. The molecule has 0 aromatic heterocycles. The number of unbranched alkanes of at least 4 members (excludes halogenated alkanes) is 3. The molecule has 1 rings (SSSR count). The van der Waals surface area contributed by atoms with Crippen LogP contribution in [0, 0.1) is 0 Å². The van der Waals surface area contributed by atoms with E-state index in [1.807, 2.05) is 12.1 Å². The second-order valence-corrected chi connectivity index (χ2v) is 4.70. The summed E-state index contributed by atoms with van der Waals surface area (Å²) in [7, 11) is 0. The normalized spacial score (nSPS) is 10.8. The van der Waals surface area contributed by atoms with Crippen molar-refractivity contribution in [3.8, 4) is 0 Å². The third-order valence-electron chi connectivity index (χ3n) is 3.05. The van der Waals surface area contributed by atoms with Gasteiger partial charge in [0, 0.05) is 6.42 Å². The number of rotatable bonds is 8. The molecule has 0 saturated carbocycles. The molecule has 0 unspecified atom stereocenters. The summed E-state index contributed by atoms with van der Waals surface area (Å²) in [6.45, 7) is 4.29. The minimum Gasteiger partial charge on any atom is -0.273 e. The molecule has 0 radical (unpaired) electrons. The average Bonchev–Trinajstić information content (AvgIpc) is 2.44. The molecular formula is C16H24N2O. The minimum absolute atomic E-state index is 0.00229. The van der Waals surface area contributed by atoms with Crippen LogP contribution in [0.5, 0.6) is 0 Å². The van der Waals surface area contributed by atoms with E-state index in [4.69, 9.17) is 0 Å². The van der Waals surface area contributed by atoms with Crippen molar-refractivity contribution >= 4 is 12.1 Å². The van der Waals surface area contributed by atoms with Crippen molar-refractivity contribution in [3.63, 3.8) is 0 Å². The summed E-state index contributed by atoms with van der Waals surface area (Å²) in [5.41, 5.74) is 4.87. The first kappa shape index (κ1) is 15.4. The molecule has 1 N–H and O–H groups in total. The van der Waals surface area contributed by atoms with Gasteiger partial charge in [0.2, 0.25) is 5.91 Å². The Balaban J connectivity index is 2.26. The van der Waals surface area contributed by atoms with E-state index in [0.717, 1.165) is 24.8 Å². The molecule has 0 bridgehead atoms. The highest BCUT2D eigenvalue weighted by Crippen LogP contribution is 2.03. The Labute approximate surface area is 116 Å². The van der Waals surface area contributed by atoms with Crippen LogP contribution in [0.2, 0.25) is 0 Å². The zero-order valence-corrected chi connectivity index (χ0v) is 12.0. The molecule has 1 amide bonds. The van der Waals surface area contributed by atoms with E-state index in [1.54, 1.807) is 6.21 Å². The Morgan fingerprint density at radius 1 is 1.16 bits per heavy atom. The van der Waals surface area contributed by atoms with E-state index < -0.39 is 0 Å². The van der Waals surface area contributed by atoms with Crippen LogP contribution in [-0.2, 0) is 11.2 Å². The molecule has 0 atom stereocenters. The molecule has 104 valence electrons. The second-order valence-electron chi connectivity index (χ2n) is 4.70. The van der Waals surface area contributed by atoms with Crippen molar-refractivity contribution in [2.75, 3.05) is 0 Å². The summed E-state index contributed by atoms with van der Waals surface area (Å²) >= 11 is 0. The Morgan fingerprint density at radius 3 is 2.53 bits per heavy atom. The van der Waals surface area contributed by atoms with Crippen molar-refractivity contribution in [2.45, 2.75) is 52.4 Å². The fourth-order valence-electron chi connectivity index (χ4n) is 1.79. The molecule has 0 heterocycles. The first-order valence-corrected chi connectivity index (χ1v) is 7.17. The van der Waals surface area contributed by atoms with Gasteiger partial charge < -0.3 is 0 Å². The Hall–Kier alpha value is -1.64. The lowest BCUT2D eigenvalue weighted by molar-refractivity contribution is -0.121. The summed E-state index contributed by atoms with van der Waals surface area (Å²) in [4.78, 5) is 11.5. The molecule has 3 nitrogen and oxygen atoms in total. The summed E-state index contributed by atoms with van der Waals surface area (Å²) in [5.74, 6) is -0.00229. The van der Waals surface area contributed by atoms with E-state index in [1.165, 1.54) is 18.4 Å². The molecule has 0 spiro atoms. The highest BCUT2D eigenvalue weighted by atomic mass is 16.2. The van der Waals surface area contributed by atoms with Crippen molar-refractivity contribution in [2.24, 2.45) is 5.10 Å². The van der Waals surface area contributed by atoms with Crippen LogP contribution >= 0.6 is 0 Å². The maximum atomic E-state index is 11.5. The van der Waals surface area contributed by atoms with Gasteiger partial charge in [0.25, 0.3) is 0 Å². The molecule has 0 saturated heterocycles. The SMILES string of the molecule is CCCCCCC(=O)NN=Cc1ccc(CC)cc1. The van der Waals surface area contributed by atoms with Crippen LogP contribution in [0.25, 0.3) is 0 Å². The quantitative estimate of drug-likeness (QED) is 0.432. The zero-order valence-electron chi connectivity index (χ0n) is 12.0. The number of hydrazone groups is 1. The van der Waals surface area contributed by atoms with E-state index >= 15 is 0 Å². The average molecular weight is 260 g/mol. The number of benzene rings is 1. The van der Waals surface area contributed by atoms with Crippen LogP contribution < -0.4 is 5.43 Å². The van der Waals surface area contributed by atoms with Gasteiger partial charge in [-0.3, -0.25) is 4.79 Å². The predicted octanol–water partition coefficient (Wildman–Crippen LogP) is 3.67. The summed E-state index contributed by atoms with van der Waals surface area (Å²) in [6, 6.07) is 8.17. The van der Waals surface area contributed by atoms with Crippen molar-refractivity contribution < 1.29 is 4.79 Å². The van der Waals surface area contributed by atoms with E-state index in [0.29, 0.717) is 6.42 Å². The molecule has 0 fully saturated rings. The van der Waals surface area contributed by atoms with Crippen molar-refractivity contribution in [3.05, 3.63) is 35.4 Å². The standard InChI is InChI=1S/C16H24N2O/c1-3-5-6-7-8-16(19)18-17-13-15-11-9-14(4-2)10-12-15/h9-13H,3-8H2,1-2H3,(H,18,19). The second kappa shape index (κ2) is 9.31. The minimum atomic E-state index is -0.00229. The molecule has 3 heteroatoms. The molecule has 0 aliphatic heterocycles. The number of carbonyl (C=O) groups excluding carboxylic acids is 1. The largest absolute Gasteiger partial charge is 0.273 e. The van der Waals surface area contributed by atoms with Gasteiger partial charge in [0.05, 0.1) is 6.21 Å². The third-order valence-corrected chi connectivity index (χ3v) is 3.05. The van der Waals surface area contributed by atoms with Crippen LogP contribution in [-0.4, -0.2) is 12.1 Å². The van der Waals surface area contributed by atoms with Gasteiger partial charge in [-0.05, 0) is 24.0 Å². The monoisotopic (exact) mass is 260 g/mol. The zero-order chi connectivity index (χ0) is 13.9. The fourth-order valence-corrected chi connectivity index (χ4v) is 1.79. The number of nitrogens with zero attached hydrogens (tertiary/aromatic N) is 1. The first-order valence-electron chi connectivity index (χ1n) is 7.17. The van der Waals surface area contributed by atoms with Crippen molar-refractivity contribution in [1.82, 2.24) is 5.43 Å². The molecule has 0 aliphatic rings. The topological polar surface area (TPSA) is 41.5 Å². The van der Waals surface area contributed by atoms with E-state index in [2.05, 4.69) is 36.5 Å². The van der Waals surface area contributed by atoms with Gasteiger partial charge in [-0.25, -0.2) is 5.43 Å². The van der Waals surface area contributed by atoms with Gasteiger partial charge in [0.15, 0.2) is 0 Å². The van der Waals surface area contributed by atoms with E-state index in [-0.39, 0.29) is 5.91 Å². The number of hydrogen-bond donors (Lipinski definition) is 1. The smallest absolute Gasteiger partial charge is 0.240 e. The van der Waals surface area contributed by atoms with Gasteiger partial charge in [-0.2, -0.15) is 5.10 Å². The lowest BCUT2D eigenvalue weighted by Crippen LogP contribution is -2.16. The number of nitrogens with one attached hydrogen (secondary N) is 1. The lowest BCUT2D eigenvalue weighted by Gasteiger charge is -2.00. The Morgan fingerprint density at radius 2 is 1.89 bits per heavy atom. The molecule has 0 aliphatic carbocycles. The number of carbonyl (C=O) groups is 1. The molecule has 1 aromatic carbocycles. The van der Waals surface area contributed by atoms with Crippen molar-refractivity contribution in [1.29, 1.82) is 0 Å². The molecule has 1 aromatic rings. The van der Waals surface area contributed by atoms with Crippen LogP contribution in [0.1, 0.15) is 57.1 Å². The molecule has 19 heavy (non-hydrogen) atoms. The maximum absolute atomic E-state index is 11.5. The van der Waals surface area contributed by atoms with Crippen LogP contribution in [0.3, 0.4) is 0 Å². The van der Waals surface area contributed by atoms with Crippen LogP contribution in [0.4, 0.5) is 0 Å².